The van der Waals surface area contributed by atoms with E-state index in [0.29, 0.717) is 5.56 Å². The molecule has 4 rings (SSSR count). The number of aryl methyl sites for hydroxylation is 1. The average molecular weight is 363 g/mol. The van der Waals surface area contributed by atoms with Crippen molar-refractivity contribution in [3.05, 3.63) is 71.7 Å². The van der Waals surface area contributed by atoms with Gasteiger partial charge in [0, 0.05) is 29.7 Å². The maximum Gasteiger partial charge on any atom is 0.335 e. The zero-order valence-electron chi connectivity index (χ0n) is 14.3. The number of urea groups is 1. The molecule has 1 saturated heterocycles. The third-order valence-corrected chi connectivity index (χ3v) is 4.40. The highest BCUT2D eigenvalue weighted by Crippen LogP contribution is 2.26. The molecule has 0 aliphatic carbocycles. The maximum absolute atomic E-state index is 13.5. The largest absolute Gasteiger partial charge is 0.350 e. The molecule has 0 atom stereocenters. The molecule has 1 aliphatic rings. The highest BCUT2D eigenvalue weighted by molar-refractivity contribution is 6.39. The lowest BCUT2D eigenvalue weighted by atomic mass is 10.1. The fourth-order valence-electron chi connectivity index (χ4n) is 3.15. The van der Waals surface area contributed by atoms with Crippen LogP contribution in [0.2, 0.25) is 0 Å². The molecule has 7 heteroatoms. The number of imide groups is 2. The lowest BCUT2D eigenvalue weighted by Gasteiger charge is -2.26. The molecular formula is C20H14FN3O3. The van der Waals surface area contributed by atoms with Crippen molar-refractivity contribution >= 4 is 40.5 Å². The molecule has 0 bridgehead atoms. The van der Waals surface area contributed by atoms with Crippen molar-refractivity contribution in [3.8, 4) is 0 Å². The lowest BCUT2D eigenvalue weighted by Crippen LogP contribution is -2.54. The van der Waals surface area contributed by atoms with Crippen molar-refractivity contribution < 1.29 is 18.8 Å². The second-order valence-electron chi connectivity index (χ2n) is 6.15. The molecule has 0 unspecified atom stereocenters. The zero-order valence-corrected chi connectivity index (χ0v) is 14.3. The minimum Gasteiger partial charge on any atom is -0.350 e. The molecule has 1 aromatic heterocycles. The number of benzene rings is 2. The Balaban J connectivity index is 1.82. The number of barbiturate groups is 1. The van der Waals surface area contributed by atoms with Crippen LogP contribution in [0.5, 0.6) is 0 Å². The minimum atomic E-state index is -0.911. The van der Waals surface area contributed by atoms with Crippen molar-refractivity contribution in [2.24, 2.45) is 7.05 Å². The summed E-state index contributed by atoms with van der Waals surface area (Å²) in [6, 6.07) is 11.7. The number of hydrogen-bond donors (Lipinski definition) is 1. The Labute approximate surface area is 153 Å². The van der Waals surface area contributed by atoms with Gasteiger partial charge in [-0.3, -0.25) is 14.9 Å². The van der Waals surface area contributed by atoms with Crippen LogP contribution >= 0.6 is 0 Å². The van der Waals surface area contributed by atoms with Gasteiger partial charge >= 0.3 is 6.03 Å². The van der Waals surface area contributed by atoms with E-state index in [9.17, 15) is 18.8 Å². The van der Waals surface area contributed by atoms with Gasteiger partial charge in [0.1, 0.15) is 11.4 Å². The number of carbonyl (C=O) groups excluding carboxylic acids is 3. The van der Waals surface area contributed by atoms with Gasteiger partial charge in [-0.2, -0.15) is 0 Å². The van der Waals surface area contributed by atoms with E-state index in [-0.39, 0.29) is 11.3 Å². The van der Waals surface area contributed by atoms with Crippen LogP contribution < -0.4 is 10.2 Å². The summed E-state index contributed by atoms with van der Waals surface area (Å²) < 4.78 is 15.4. The molecular weight excluding hydrogens is 349 g/mol. The molecule has 0 spiro atoms. The first-order chi connectivity index (χ1) is 13.0. The number of anilines is 1. The minimum absolute atomic E-state index is 0.0498. The molecule has 1 N–H and O–H groups in total. The Morgan fingerprint density at radius 2 is 1.81 bits per heavy atom. The van der Waals surface area contributed by atoms with Gasteiger partial charge in [-0.05, 0) is 30.3 Å². The quantitative estimate of drug-likeness (QED) is 0.562. The number of aromatic nitrogens is 1. The second-order valence-corrected chi connectivity index (χ2v) is 6.15. The van der Waals surface area contributed by atoms with Gasteiger partial charge in [-0.1, -0.05) is 24.3 Å². The Kier molecular flexibility index (Phi) is 3.84. The van der Waals surface area contributed by atoms with Crippen LogP contribution in [0, 0.1) is 5.82 Å². The van der Waals surface area contributed by atoms with E-state index in [1.54, 1.807) is 6.20 Å². The van der Waals surface area contributed by atoms with Crippen molar-refractivity contribution in [1.82, 2.24) is 9.88 Å². The third kappa shape index (κ3) is 2.79. The van der Waals surface area contributed by atoms with Crippen LogP contribution in [0.15, 0.2) is 60.3 Å². The fourth-order valence-corrected chi connectivity index (χ4v) is 3.15. The number of fused-ring (bicyclic) bond motifs is 1. The topological polar surface area (TPSA) is 71.4 Å². The Hall–Kier alpha value is -3.74. The molecule has 0 saturated carbocycles. The summed E-state index contributed by atoms with van der Waals surface area (Å²) in [6.45, 7) is 0. The molecule has 2 heterocycles. The first-order valence-electron chi connectivity index (χ1n) is 8.17. The molecule has 0 radical (unpaired) electrons. The number of halogens is 1. The average Bonchev–Trinajstić information content (AvgIpc) is 2.95. The third-order valence-electron chi connectivity index (χ3n) is 4.40. The number of hydrogen-bond acceptors (Lipinski definition) is 3. The molecule has 134 valence electrons. The van der Waals surface area contributed by atoms with Gasteiger partial charge in [-0.15, -0.1) is 0 Å². The summed E-state index contributed by atoms with van der Waals surface area (Å²) in [5.41, 5.74) is 1.45. The highest BCUT2D eigenvalue weighted by atomic mass is 19.1. The van der Waals surface area contributed by atoms with E-state index in [1.807, 2.05) is 35.9 Å². The number of carbonyl (C=O) groups is 3. The summed E-state index contributed by atoms with van der Waals surface area (Å²) in [4.78, 5) is 38.0. The highest BCUT2D eigenvalue weighted by Gasteiger charge is 2.37. The Morgan fingerprint density at radius 3 is 2.59 bits per heavy atom. The summed E-state index contributed by atoms with van der Waals surface area (Å²) >= 11 is 0. The van der Waals surface area contributed by atoms with Gasteiger partial charge < -0.3 is 4.57 Å². The van der Waals surface area contributed by atoms with Gasteiger partial charge in [-0.25, -0.2) is 14.1 Å². The first-order valence-corrected chi connectivity index (χ1v) is 8.17. The van der Waals surface area contributed by atoms with E-state index >= 15 is 0 Å². The van der Waals surface area contributed by atoms with E-state index in [0.717, 1.165) is 21.9 Å². The van der Waals surface area contributed by atoms with Gasteiger partial charge in [0.05, 0.1) is 5.69 Å². The number of para-hydroxylation sites is 1. The molecule has 2 aromatic carbocycles. The van der Waals surface area contributed by atoms with E-state index in [1.165, 1.54) is 24.3 Å². The van der Waals surface area contributed by atoms with Crippen LogP contribution in [0.1, 0.15) is 5.56 Å². The van der Waals surface area contributed by atoms with Crippen molar-refractivity contribution in [3.63, 3.8) is 0 Å². The predicted molar refractivity (Wildman–Crippen MR) is 98.3 cm³/mol. The van der Waals surface area contributed by atoms with Gasteiger partial charge in [0.15, 0.2) is 0 Å². The number of rotatable bonds is 2. The maximum atomic E-state index is 13.5. The predicted octanol–water partition coefficient (Wildman–Crippen LogP) is 2.98. The van der Waals surface area contributed by atoms with Gasteiger partial charge in [0.25, 0.3) is 11.8 Å². The van der Waals surface area contributed by atoms with Crippen LogP contribution in [-0.2, 0) is 16.6 Å². The monoisotopic (exact) mass is 363 g/mol. The van der Waals surface area contributed by atoms with E-state index in [2.05, 4.69) is 5.32 Å². The molecule has 1 fully saturated rings. The van der Waals surface area contributed by atoms with E-state index in [4.69, 9.17) is 0 Å². The summed E-state index contributed by atoms with van der Waals surface area (Å²) in [5, 5.41) is 3.00. The first kappa shape index (κ1) is 16.7. The summed E-state index contributed by atoms with van der Waals surface area (Å²) in [7, 11) is 1.86. The fraction of sp³-hybridized carbons (Fsp3) is 0.0500. The number of amides is 4. The van der Waals surface area contributed by atoms with E-state index < -0.39 is 23.7 Å². The summed E-state index contributed by atoms with van der Waals surface area (Å²) in [5.74, 6) is -2.18. The van der Waals surface area contributed by atoms with Crippen molar-refractivity contribution in [1.29, 1.82) is 0 Å². The summed E-state index contributed by atoms with van der Waals surface area (Å²) in [6.07, 6.45) is 3.24. The normalized spacial score (nSPS) is 16.3. The van der Waals surface area contributed by atoms with Crippen LogP contribution in [-0.4, -0.2) is 22.4 Å². The van der Waals surface area contributed by atoms with Crippen molar-refractivity contribution in [2.45, 2.75) is 0 Å². The molecule has 27 heavy (non-hydrogen) atoms. The Morgan fingerprint density at radius 1 is 1.04 bits per heavy atom. The smallest absolute Gasteiger partial charge is 0.335 e. The SMILES string of the molecule is Cn1cc(/C=C2/C(=O)NC(=O)N(c3cccc(F)c3)C2=O)c2ccccc21. The molecule has 6 nitrogen and oxygen atoms in total. The zero-order chi connectivity index (χ0) is 19.1. The van der Waals surface area contributed by atoms with Crippen LogP contribution in [0.4, 0.5) is 14.9 Å². The molecule has 1 aliphatic heterocycles. The second kappa shape index (κ2) is 6.21. The van der Waals surface area contributed by atoms with Crippen LogP contribution in [0.25, 0.3) is 17.0 Å². The Bertz CT molecular complexity index is 1150. The lowest BCUT2D eigenvalue weighted by molar-refractivity contribution is -0.122. The van der Waals surface area contributed by atoms with Crippen LogP contribution in [0.3, 0.4) is 0 Å². The number of nitrogens with one attached hydrogen (secondary N) is 1. The molecule has 3 aromatic rings. The van der Waals surface area contributed by atoms with Crippen molar-refractivity contribution in [2.75, 3.05) is 4.90 Å². The standard InChI is InChI=1S/C20H14FN3O3/c1-23-11-12(15-7-2-3-8-17(15)23)9-16-18(25)22-20(27)24(19(16)26)14-6-4-5-13(21)10-14/h2-11H,1H3,(H,22,25,27)/b16-9-. The van der Waals surface area contributed by atoms with Gasteiger partial charge in [0.2, 0.25) is 0 Å². The number of nitrogens with zero attached hydrogens (tertiary/aromatic N) is 2. The molecule has 4 amide bonds.